The molecule has 0 aromatic rings. The molecule has 0 spiro atoms. The first kappa shape index (κ1) is 12.8. The van der Waals surface area contributed by atoms with E-state index in [9.17, 15) is 13.2 Å². The highest BCUT2D eigenvalue weighted by Gasteiger charge is 2.24. The van der Waals surface area contributed by atoms with Gasteiger partial charge in [-0.1, -0.05) is 6.92 Å². The second-order valence-corrected chi connectivity index (χ2v) is 6.36. The van der Waals surface area contributed by atoms with Crippen LogP contribution in [0.4, 0.5) is 0 Å². The molecular formula is C8H16N2O3S2. The van der Waals surface area contributed by atoms with Crippen LogP contribution in [0, 0.1) is 0 Å². The van der Waals surface area contributed by atoms with E-state index in [1.165, 1.54) is 0 Å². The maximum atomic E-state index is 11.5. The second-order valence-electron chi connectivity index (χ2n) is 3.37. The fourth-order valence-corrected chi connectivity index (χ4v) is 3.30. The van der Waals surface area contributed by atoms with E-state index in [0.29, 0.717) is 12.2 Å². The van der Waals surface area contributed by atoms with Crippen LogP contribution in [-0.2, 0) is 14.8 Å². The van der Waals surface area contributed by atoms with Gasteiger partial charge in [0.25, 0.3) is 5.91 Å². The van der Waals surface area contributed by atoms with Crippen molar-refractivity contribution in [3.05, 3.63) is 0 Å². The van der Waals surface area contributed by atoms with E-state index >= 15 is 0 Å². The van der Waals surface area contributed by atoms with Gasteiger partial charge in [0.1, 0.15) is 0 Å². The molecule has 1 rings (SSSR count). The highest BCUT2D eigenvalue weighted by atomic mass is 32.2. The smallest absolute Gasteiger partial charge is 0.251 e. The van der Waals surface area contributed by atoms with Crippen molar-refractivity contribution in [2.75, 3.05) is 23.8 Å². The van der Waals surface area contributed by atoms with Crippen molar-refractivity contribution < 1.29 is 13.2 Å². The van der Waals surface area contributed by atoms with Crippen LogP contribution in [0.25, 0.3) is 0 Å². The largest absolute Gasteiger partial charge is 0.304 e. The zero-order valence-corrected chi connectivity index (χ0v) is 10.3. The Hall–Kier alpha value is -0.270. The Labute approximate surface area is 94.4 Å². The predicted octanol–water partition coefficient (Wildman–Crippen LogP) is -0.453. The van der Waals surface area contributed by atoms with Crippen molar-refractivity contribution in [1.82, 2.24) is 10.0 Å². The molecule has 1 atom stereocenters. The van der Waals surface area contributed by atoms with Gasteiger partial charge in [0, 0.05) is 18.1 Å². The van der Waals surface area contributed by atoms with Gasteiger partial charge in [0.05, 0.1) is 11.8 Å². The summed E-state index contributed by atoms with van der Waals surface area (Å²) in [6.45, 7) is 2.51. The number of sulfonamides is 1. The number of carbonyl (C=O) groups excluding carboxylic acids is 1. The van der Waals surface area contributed by atoms with Gasteiger partial charge in [-0.2, -0.15) is 11.8 Å². The number of rotatable bonds is 4. The maximum absolute atomic E-state index is 11.5. The molecule has 0 radical (unpaired) electrons. The summed E-state index contributed by atoms with van der Waals surface area (Å²) in [5.41, 5.74) is 0. The summed E-state index contributed by atoms with van der Waals surface area (Å²) in [6, 6.07) is -0.379. The first-order valence-corrected chi connectivity index (χ1v) is 7.71. The monoisotopic (exact) mass is 252 g/mol. The van der Waals surface area contributed by atoms with Crippen molar-refractivity contribution in [2.45, 2.75) is 19.4 Å². The topological polar surface area (TPSA) is 75.3 Å². The van der Waals surface area contributed by atoms with E-state index in [1.54, 1.807) is 18.7 Å². The van der Waals surface area contributed by atoms with Gasteiger partial charge in [-0.25, -0.2) is 8.42 Å². The summed E-state index contributed by atoms with van der Waals surface area (Å²) in [5.74, 6) is 1.16. The quantitative estimate of drug-likeness (QED) is 0.708. The van der Waals surface area contributed by atoms with Crippen LogP contribution in [0.5, 0.6) is 0 Å². The van der Waals surface area contributed by atoms with Crippen LogP contribution < -0.4 is 10.0 Å². The third-order valence-corrected chi connectivity index (χ3v) is 4.49. The van der Waals surface area contributed by atoms with Gasteiger partial charge in [-0.05, 0) is 6.42 Å². The molecule has 0 aromatic carbocycles. The molecule has 5 nitrogen and oxygen atoms in total. The minimum absolute atomic E-state index is 0.00139. The Bertz CT molecular complexity index is 310. The normalized spacial score (nSPS) is 22.3. The lowest BCUT2D eigenvalue weighted by molar-refractivity contribution is -0.120. The van der Waals surface area contributed by atoms with Crippen LogP contribution >= 0.6 is 11.8 Å². The average molecular weight is 252 g/mol. The predicted molar refractivity (Wildman–Crippen MR) is 61.3 cm³/mol. The van der Waals surface area contributed by atoms with E-state index in [1.807, 2.05) is 0 Å². The SMILES string of the molecule is CCCS(=O)(=O)NC(=O)C1CSCCN1. The molecule has 1 heterocycles. The van der Waals surface area contributed by atoms with E-state index in [0.717, 1.165) is 12.3 Å². The average Bonchev–Trinajstić information content (AvgIpc) is 2.18. The Balaban J connectivity index is 2.47. The molecular weight excluding hydrogens is 236 g/mol. The standard InChI is InChI=1S/C8H16N2O3S2/c1-2-5-15(12,13)10-8(11)7-6-14-4-3-9-7/h7,9H,2-6H2,1H3,(H,10,11). The lowest BCUT2D eigenvalue weighted by Gasteiger charge is -2.21. The number of nitrogens with one attached hydrogen (secondary N) is 2. The van der Waals surface area contributed by atoms with Crippen LogP contribution in [0.1, 0.15) is 13.3 Å². The van der Waals surface area contributed by atoms with Crippen LogP contribution in [0.2, 0.25) is 0 Å². The van der Waals surface area contributed by atoms with Crippen LogP contribution in [0.15, 0.2) is 0 Å². The van der Waals surface area contributed by atoms with Crippen LogP contribution in [-0.4, -0.2) is 44.2 Å². The van der Waals surface area contributed by atoms with Gasteiger partial charge in [0.2, 0.25) is 10.0 Å². The molecule has 0 aromatic heterocycles. The third kappa shape index (κ3) is 4.40. The minimum atomic E-state index is -3.43. The Kier molecular flexibility index (Phi) is 4.88. The molecule has 1 unspecified atom stereocenters. The highest BCUT2D eigenvalue weighted by molar-refractivity contribution is 7.99. The first-order chi connectivity index (χ1) is 7.05. The molecule has 1 saturated heterocycles. The van der Waals surface area contributed by atoms with Gasteiger partial charge in [-0.15, -0.1) is 0 Å². The zero-order valence-electron chi connectivity index (χ0n) is 8.65. The maximum Gasteiger partial charge on any atom is 0.251 e. The Morgan fingerprint density at radius 1 is 1.60 bits per heavy atom. The van der Waals surface area contributed by atoms with Crippen LogP contribution in [0.3, 0.4) is 0 Å². The van der Waals surface area contributed by atoms with E-state index in [2.05, 4.69) is 10.0 Å². The van der Waals surface area contributed by atoms with Gasteiger partial charge >= 0.3 is 0 Å². The fourth-order valence-electron chi connectivity index (χ4n) is 1.28. The molecule has 1 fully saturated rings. The Morgan fingerprint density at radius 3 is 2.87 bits per heavy atom. The lowest BCUT2D eigenvalue weighted by atomic mass is 10.3. The van der Waals surface area contributed by atoms with Crippen molar-refractivity contribution in [1.29, 1.82) is 0 Å². The number of hydrogen-bond donors (Lipinski definition) is 2. The number of amides is 1. The minimum Gasteiger partial charge on any atom is -0.304 e. The first-order valence-electron chi connectivity index (χ1n) is 4.90. The molecule has 7 heteroatoms. The number of hydrogen-bond acceptors (Lipinski definition) is 5. The van der Waals surface area contributed by atoms with Gasteiger partial charge < -0.3 is 5.32 Å². The zero-order chi connectivity index (χ0) is 11.3. The molecule has 1 aliphatic heterocycles. The van der Waals surface area contributed by atoms with Crippen molar-refractivity contribution in [3.63, 3.8) is 0 Å². The van der Waals surface area contributed by atoms with Crippen molar-refractivity contribution in [2.24, 2.45) is 0 Å². The van der Waals surface area contributed by atoms with E-state index < -0.39 is 15.9 Å². The summed E-state index contributed by atoms with van der Waals surface area (Å²) >= 11 is 1.65. The van der Waals surface area contributed by atoms with Gasteiger partial charge in [-0.3, -0.25) is 9.52 Å². The summed E-state index contributed by atoms with van der Waals surface area (Å²) < 4.78 is 24.7. The molecule has 1 aliphatic rings. The van der Waals surface area contributed by atoms with Crippen molar-refractivity contribution >= 4 is 27.7 Å². The summed E-state index contributed by atoms with van der Waals surface area (Å²) in [4.78, 5) is 11.5. The summed E-state index contributed by atoms with van der Waals surface area (Å²) in [6.07, 6.45) is 0.509. The summed E-state index contributed by atoms with van der Waals surface area (Å²) in [7, 11) is -3.43. The second kappa shape index (κ2) is 5.72. The molecule has 0 saturated carbocycles. The van der Waals surface area contributed by atoms with Crippen molar-refractivity contribution in [3.8, 4) is 0 Å². The number of thioether (sulfide) groups is 1. The lowest BCUT2D eigenvalue weighted by Crippen LogP contribution is -2.50. The van der Waals surface area contributed by atoms with E-state index in [-0.39, 0.29) is 11.8 Å². The molecule has 2 N–H and O–H groups in total. The molecule has 0 aliphatic carbocycles. The highest BCUT2D eigenvalue weighted by Crippen LogP contribution is 2.07. The molecule has 15 heavy (non-hydrogen) atoms. The molecule has 0 bridgehead atoms. The fraction of sp³-hybridized carbons (Fsp3) is 0.875. The summed E-state index contributed by atoms with van der Waals surface area (Å²) in [5, 5.41) is 2.99. The van der Waals surface area contributed by atoms with E-state index in [4.69, 9.17) is 0 Å². The Morgan fingerprint density at radius 2 is 2.33 bits per heavy atom. The molecule has 1 amide bonds. The number of carbonyl (C=O) groups is 1. The van der Waals surface area contributed by atoms with Gasteiger partial charge in [0.15, 0.2) is 0 Å². The molecule has 88 valence electrons. The third-order valence-electron chi connectivity index (χ3n) is 1.97.